The predicted octanol–water partition coefficient (Wildman–Crippen LogP) is 13.8. The number of hydrogen-bond donors (Lipinski definition) is 6. The van der Waals surface area contributed by atoms with Crippen molar-refractivity contribution in [3.8, 4) is 0 Å². The van der Waals surface area contributed by atoms with Gasteiger partial charge < -0.3 is 40.5 Å². The van der Waals surface area contributed by atoms with E-state index in [0.29, 0.717) is 68.6 Å². The molecule has 10 heterocycles. The molecular formula is C64H38CuN16. The molecule has 0 unspecified atom stereocenters. The summed E-state index contributed by atoms with van der Waals surface area (Å²) in [6.07, 6.45) is 0. The predicted molar refractivity (Wildman–Crippen MR) is 317 cm³/mol. The average Bonchev–Trinajstić information content (AvgIpc) is 4.61. The molecular weight excluding hydrogens is 1060 g/mol. The molecule has 4 aliphatic heterocycles. The monoisotopic (exact) mass is 1090 g/mol. The number of benzene rings is 8. The number of fused-ring (bicyclic) bond motifs is 38. The third kappa shape index (κ3) is 7.37. The number of amidine groups is 4. The number of aromatic nitrogens is 6. The number of nitrogens with one attached hydrogen (secondary N) is 6. The molecule has 81 heavy (non-hydrogen) atoms. The summed E-state index contributed by atoms with van der Waals surface area (Å²) in [5.41, 5.74) is 6.56. The van der Waals surface area contributed by atoms with E-state index in [4.69, 9.17) is 50.6 Å². The van der Waals surface area contributed by atoms with Crippen molar-refractivity contribution in [3.63, 3.8) is 0 Å². The molecule has 0 fully saturated rings. The van der Waals surface area contributed by atoms with Crippen LogP contribution in [0.5, 0.6) is 0 Å². The Labute approximate surface area is 467 Å². The van der Waals surface area contributed by atoms with E-state index in [1.165, 1.54) is 0 Å². The van der Waals surface area contributed by atoms with Gasteiger partial charge in [-0.3, -0.25) is 0 Å². The molecule has 4 aliphatic rings. The standard InChI is InChI=1S/2C32H19N8.Cu/c2*1-2-10-18-17(9-1)25-33-26(18)38-28-21-13-5-6-14-22(21)30(35-28)40-32-24-16-8-7-15-23(24)31(36-32)39-29-20-12-4-3-11-19(20)27(34-29)37-25;/h2*1-16,33-34H,(H,35,36,38,39,40);/q2*-1;+2. The fraction of sp³-hybridized carbons (Fsp3) is 0. The van der Waals surface area contributed by atoms with Crippen molar-refractivity contribution >= 4 is 135 Å². The number of hydrogen-bond acceptors (Lipinski definition) is 8. The van der Waals surface area contributed by atoms with Crippen molar-refractivity contribution in [2.24, 2.45) is 39.9 Å². The van der Waals surface area contributed by atoms with Crippen molar-refractivity contribution < 1.29 is 17.1 Å². The molecule has 0 saturated heterocycles. The molecule has 1 radical (unpaired) electrons. The van der Waals surface area contributed by atoms with Crippen LogP contribution in [-0.2, 0) is 17.1 Å². The van der Waals surface area contributed by atoms with Gasteiger partial charge in [-0.25, -0.2) is 39.9 Å². The second-order valence-corrected chi connectivity index (χ2v) is 19.7. The Morgan fingerprint density at radius 3 is 0.728 bits per heavy atom. The summed E-state index contributed by atoms with van der Waals surface area (Å²) in [6, 6.07) is 64.9. The van der Waals surface area contributed by atoms with Gasteiger partial charge >= 0.3 is 17.1 Å². The zero-order valence-electron chi connectivity index (χ0n) is 42.2. The second kappa shape index (κ2) is 18.0. The molecule has 0 saturated carbocycles. The Morgan fingerprint density at radius 2 is 0.432 bits per heavy atom. The van der Waals surface area contributed by atoms with Crippen LogP contribution < -0.4 is 22.0 Å². The average molecular weight is 1090 g/mol. The molecule has 17 heteroatoms. The summed E-state index contributed by atoms with van der Waals surface area (Å²) in [4.78, 5) is 60.9. The van der Waals surface area contributed by atoms with Gasteiger partial charge in [-0.05, 0) is 21.5 Å². The van der Waals surface area contributed by atoms with E-state index in [1.807, 2.05) is 146 Å². The van der Waals surface area contributed by atoms with Crippen LogP contribution >= 0.6 is 0 Å². The van der Waals surface area contributed by atoms with E-state index >= 15 is 0 Å². The topological polar surface area (TPSA) is 222 Å². The second-order valence-electron chi connectivity index (χ2n) is 19.7. The van der Waals surface area contributed by atoms with Crippen molar-refractivity contribution in [2.75, 3.05) is 0 Å². The van der Waals surface area contributed by atoms with Gasteiger partial charge in [0.05, 0.1) is 23.3 Å². The fourth-order valence-corrected chi connectivity index (χ4v) is 11.3. The van der Waals surface area contributed by atoms with Gasteiger partial charge in [-0.1, -0.05) is 194 Å². The zero-order valence-corrected chi connectivity index (χ0v) is 43.2. The molecule has 0 aliphatic carbocycles. The smallest absolute Gasteiger partial charge is 0.398 e. The molecule has 385 valence electrons. The SMILES string of the molecule is [Cu+2].c1ccc2c(c1)C1=NC2=Nc2[nH]c(c3ccccc23)[N-]c2[nH]c(c3ccccc23)/N=c2\[nH]c(c3ccccc23)=N1.c1ccc2c(c1)C1=NC2=Nc2[nH]c(c3ccccc23)[N-]c2[nH]c(c3ccccc23)/N=c2\[nH]c(c3ccccc23)=N1. The molecule has 0 spiro atoms. The molecule has 6 N–H and O–H groups in total. The molecule has 8 aromatic carbocycles. The summed E-state index contributed by atoms with van der Waals surface area (Å²) in [7, 11) is 0. The fourth-order valence-electron chi connectivity index (χ4n) is 11.3. The van der Waals surface area contributed by atoms with Gasteiger partial charge in [-0.2, -0.15) is 0 Å². The molecule has 0 atom stereocenters. The quantitative estimate of drug-likeness (QED) is 0.0781. The Hall–Kier alpha value is -11.0. The van der Waals surface area contributed by atoms with Crippen molar-refractivity contribution in [3.05, 3.63) is 249 Å². The Kier molecular flexibility index (Phi) is 10.3. The molecule has 6 aromatic heterocycles. The molecule has 18 rings (SSSR count). The first-order valence-electron chi connectivity index (χ1n) is 26.1. The number of nitrogens with zero attached hydrogens (tertiary/aromatic N) is 10. The van der Waals surface area contributed by atoms with Crippen LogP contribution in [0.15, 0.2) is 234 Å². The molecule has 16 nitrogen and oxygen atoms in total. The van der Waals surface area contributed by atoms with Gasteiger partial charge in [0.25, 0.3) is 0 Å². The summed E-state index contributed by atoms with van der Waals surface area (Å²) in [6.45, 7) is 0. The largest absolute Gasteiger partial charge is 2.00 e. The maximum atomic E-state index is 5.07. The third-order valence-corrected chi connectivity index (χ3v) is 15.1. The Balaban J connectivity index is 0.000000132. The Morgan fingerprint density at radius 1 is 0.210 bits per heavy atom. The van der Waals surface area contributed by atoms with E-state index in [2.05, 4.69) is 78.4 Å². The molecule has 14 aromatic rings. The van der Waals surface area contributed by atoms with Crippen molar-refractivity contribution in [1.82, 2.24) is 29.9 Å². The van der Waals surface area contributed by atoms with Gasteiger partial charge in [0.1, 0.15) is 22.0 Å². The number of aromatic amines is 6. The normalized spacial score (nSPS) is 14.6. The van der Waals surface area contributed by atoms with Crippen LogP contribution in [0.1, 0.15) is 22.3 Å². The minimum absolute atomic E-state index is 0. The first-order valence-corrected chi connectivity index (χ1v) is 26.1. The van der Waals surface area contributed by atoms with E-state index < -0.39 is 0 Å². The van der Waals surface area contributed by atoms with Crippen LogP contribution in [0.3, 0.4) is 0 Å². The van der Waals surface area contributed by atoms with Gasteiger partial charge in [0, 0.05) is 88.6 Å². The van der Waals surface area contributed by atoms with Crippen molar-refractivity contribution in [1.29, 1.82) is 0 Å². The number of aliphatic imine (C=N–C) groups is 4. The van der Waals surface area contributed by atoms with Crippen LogP contribution in [0.2, 0.25) is 0 Å². The summed E-state index contributed by atoms with van der Waals surface area (Å²) in [5, 5.41) is 21.8. The maximum absolute atomic E-state index is 5.07. The van der Waals surface area contributed by atoms with Gasteiger partial charge in [0.15, 0.2) is 23.3 Å². The van der Waals surface area contributed by atoms with E-state index in [1.54, 1.807) is 0 Å². The number of rotatable bonds is 0. The van der Waals surface area contributed by atoms with Crippen LogP contribution in [0, 0.1) is 0 Å². The van der Waals surface area contributed by atoms with Gasteiger partial charge in [0.2, 0.25) is 0 Å². The molecule has 16 bridgehead atoms. The van der Waals surface area contributed by atoms with Crippen LogP contribution in [-0.4, -0.2) is 53.2 Å². The van der Waals surface area contributed by atoms with Crippen LogP contribution in [0.4, 0.5) is 46.5 Å². The first-order chi connectivity index (χ1) is 39.6. The van der Waals surface area contributed by atoms with E-state index in [9.17, 15) is 0 Å². The minimum atomic E-state index is 0. The van der Waals surface area contributed by atoms with E-state index in [-0.39, 0.29) is 17.1 Å². The van der Waals surface area contributed by atoms with Gasteiger partial charge in [-0.15, -0.1) is 0 Å². The summed E-state index contributed by atoms with van der Waals surface area (Å²) >= 11 is 0. The maximum Gasteiger partial charge on any atom is 2.00 e. The Bertz CT molecular complexity index is 5070. The molecule has 0 amide bonds. The van der Waals surface area contributed by atoms with Crippen LogP contribution in [0.25, 0.3) is 75.3 Å². The van der Waals surface area contributed by atoms with E-state index in [0.717, 1.165) is 110 Å². The summed E-state index contributed by atoms with van der Waals surface area (Å²) < 4.78 is 0. The first kappa shape index (κ1) is 46.1. The number of H-pyrrole nitrogens is 6. The third-order valence-electron chi connectivity index (χ3n) is 15.1. The zero-order chi connectivity index (χ0) is 52.4. The van der Waals surface area contributed by atoms with Crippen molar-refractivity contribution in [2.45, 2.75) is 0 Å². The summed E-state index contributed by atoms with van der Waals surface area (Å²) in [5.74, 6) is 8.14. The minimum Gasteiger partial charge on any atom is -0.398 e.